The Hall–Kier alpha value is -2.61. The van der Waals surface area contributed by atoms with Crippen LogP contribution in [0.3, 0.4) is 0 Å². The Balaban J connectivity index is 1.88. The van der Waals surface area contributed by atoms with Gasteiger partial charge in [0.05, 0.1) is 22.8 Å². The van der Waals surface area contributed by atoms with Gasteiger partial charge in [-0.05, 0) is 53.2 Å². The van der Waals surface area contributed by atoms with Crippen molar-refractivity contribution in [3.05, 3.63) is 40.6 Å². The molecule has 0 aliphatic carbocycles. The molecule has 28 heavy (non-hydrogen) atoms. The van der Waals surface area contributed by atoms with E-state index in [0.29, 0.717) is 28.5 Å². The van der Waals surface area contributed by atoms with Crippen LogP contribution in [0.25, 0.3) is 11.4 Å². The molecule has 1 N–H and O–H groups in total. The quantitative estimate of drug-likeness (QED) is 0.467. The highest BCUT2D eigenvalue weighted by Crippen LogP contribution is 2.31. The fraction of sp³-hybridized carbons (Fsp3) is 0.400. The largest absolute Gasteiger partial charge is 0.469 e. The maximum absolute atomic E-state index is 13.0. The monoisotopic (exact) mass is 400 g/mol. The topological polar surface area (TPSA) is 93.8 Å². The van der Waals surface area contributed by atoms with Crippen molar-refractivity contribution in [2.45, 2.75) is 58.5 Å². The van der Waals surface area contributed by atoms with Crippen molar-refractivity contribution in [2.75, 3.05) is 0 Å². The number of nitrogens with one attached hydrogen (secondary N) is 1. The first-order valence-corrected chi connectivity index (χ1v) is 10.0. The maximum atomic E-state index is 13.0. The second kappa shape index (κ2) is 7.79. The highest BCUT2D eigenvalue weighted by molar-refractivity contribution is 8.00. The first-order chi connectivity index (χ1) is 13.3. The van der Waals surface area contributed by atoms with E-state index in [1.54, 1.807) is 13.2 Å². The number of H-pyrrole nitrogens is 1. The van der Waals surface area contributed by atoms with Crippen LogP contribution < -0.4 is 0 Å². The number of aromatic amines is 1. The molecule has 0 aromatic carbocycles. The van der Waals surface area contributed by atoms with Gasteiger partial charge < -0.3 is 14.0 Å². The molecule has 0 aliphatic rings. The Morgan fingerprint density at radius 2 is 2.00 bits per heavy atom. The Labute approximate surface area is 167 Å². The van der Waals surface area contributed by atoms with Crippen LogP contribution in [-0.4, -0.2) is 36.6 Å². The van der Waals surface area contributed by atoms with Gasteiger partial charge in [0.1, 0.15) is 5.76 Å². The summed E-state index contributed by atoms with van der Waals surface area (Å²) in [6.45, 7) is 11.5. The van der Waals surface area contributed by atoms with Crippen molar-refractivity contribution in [1.29, 1.82) is 0 Å². The molecule has 0 fully saturated rings. The zero-order valence-corrected chi connectivity index (χ0v) is 17.7. The van der Waals surface area contributed by atoms with Crippen molar-refractivity contribution in [2.24, 2.45) is 0 Å². The van der Waals surface area contributed by atoms with E-state index < -0.39 is 0 Å². The van der Waals surface area contributed by atoms with Crippen LogP contribution in [0.4, 0.5) is 0 Å². The molecule has 0 saturated carbocycles. The normalized spacial score (nSPS) is 12.4. The maximum Gasteiger partial charge on any atom is 0.192 e. The van der Waals surface area contributed by atoms with Gasteiger partial charge in [-0.3, -0.25) is 9.59 Å². The van der Waals surface area contributed by atoms with Crippen molar-refractivity contribution < 1.29 is 14.0 Å². The molecule has 0 radical (unpaired) electrons. The van der Waals surface area contributed by atoms with Crippen LogP contribution in [0.2, 0.25) is 0 Å². The Kier molecular flexibility index (Phi) is 5.60. The number of carbonyl (C=O) groups is 2. The van der Waals surface area contributed by atoms with Crippen LogP contribution in [0.5, 0.6) is 0 Å². The molecule has 0 bridgehead atoms. The van der Waals surface area contributed by atoms with Crippen LogP contribution in [0, 0.1) is 20.8 Å². The zero-order valence-electron chi connectivity index (χ0n) is 16.9. The van der Waals surface area contributed by atoms with Gasteiger partial charge in [-0.15, -0.1) is 10.2 Å². The summed E-state index contributed by atoms with van der Waals surface area (Å²) in [7, 11) is 0. The number of aryl methyl sites for hydroxylation is 2. The molecule has 3 aromatic heterocycles. The van der Waals surface area contributed by atoms with E-state index in [4.69, 9.17) is 4.42 Å². The number of Topliss-reactive ketones (excluding diaryl/α,β-unsaturated/α-hetero) is 2. The standard InChI is InChI=1S/C20H24N4O3S/c1-7-24-19(15-8-9-27-13(15)5)22-23-20(24)28-14(6)18(26)17-10(2)16(12(4)25)11(3)21-17/h8-9,14,21H,7H2,1-6H3/t14-/m1/s1. The van der Waals surface area contributed by atoms with Crippen molar-refractivity contribution in [1.82, 2.24) is 19.7 Å². The summed E-state index contributed by atoms with van der Waals surface area (Å²) in [5.41, 5.74) is 3.39. The Morgan fingerprint density at radius 1 is 1.29 bits per heavy atom. The number of aromatic nitrogens is 4. The molecular weight excluding hydrogens is 376 g/mol. The number of furan rings is 1. The van der Waals surface area contributed by atoms with Crippen LogP contribution >= 0.6 is 11.8 Å². The van der Waals surface area contributed by atoms with Crippen LogP contribution in [0.15, 0.2) is 21.9 Å². The lowest BCUT2D eigenvalue weighted by Gasteiger charge is -2.11. The first-order valence-electron chi connectivity index (χ1n) is 9.14. The average Bonchev–Trinajstić information content (AvgIpc) is 3.31. The van der Waals surface area contributed by atoms with Crippen molar-refractivity contribution >= 4 is 23.3 Å². The van der Waals surface area contributed by atoms with Crippen LogP contribution in [-0.2, 0) is 6.54 Å². The molecule has 3 aromatic rings. The van der Waals surface area contributed by atoms with Gasteiger partial charge in [0.2, 0.25) is 0 Å². The summed E-state index contributed by atoms with van der Waals surface area (Å²) in [6, 6.07) is 1.86. The predicted molar refractivity (Wildman–Crippen MR) is 108 cm³/mol. The van der Waals surface area contributed by atoms with E-state index in [-0.39, 0.29) is 16.8 Å². The number of ketones is 2. The molecule has 148 valence electrons. The Morgan fingerprint density at radius 3 is 2.54 bits per heavy atom. The van der Waals surface area contributed by atoms with E-state index in [0.717, 1.165) is 22.8 Å². The second-order valence-corrected chi connectivity index (χ2v) is 8.05. The smallest absolute Gasteiger partial charge is 0.192 e. The molecule has 0 amide bonds. The highest BCUT2D eigenvalue weighted by atomic mass is 32.2. The van der Waals surface area contributed by atoms with Gasteiger partial charge in [0, 0.05) is 17.8 Å². The first kappa shape index (κ1) is 20.1. The lowest BCUT2D eigenvalue weighted by atomic mass is 10.0. The zero-order chi connectivity index (χ0) is 20.6. The van der Waals surface area contributed by atoms with Crippen LogP contribution in [0.1, 0.15) is 58.6 Å². The number of rotatable bonds is 7. The predicted octanol–water partition coefficient (Wildman–Crippen LogP) is 4.38. The van der Waals surface area contributed by atoms with Gasteiger partial charge in [0.15, 0.2) is 22.5 Å². The summed E-state index contributed by atoms with van der Waals surface area (Å²) in [4.78, 5) is 27.9. The molecule has 1 atom stereocenters. The molecule has 0 spiro atoms. The fourth-order valence-electron chi connectivity index (χ4n) is 3.42. The summed E-state index contributed by atoms with van der Waals surface area (Å²) in [6.07, 6.45) is 1.63. The molecule has 3 heterocycles. The molecular formula is C20H24N4O3S. The molecule has 0 saturated heterocycles. The SMILES string of the molecule is CCn1c(S[C@H](C)C(=O)c2[nH]c(C)c(C(C)=O)c2C)nnc1-c1ccoc1C. The summed E-state index contributed by atoms with van der Waals surface area (Å²) >= 11 is 1.36. The number of hydrogen-bond donors (Lipinski definition) is 1. The van der Waals surface area contributed by atoms with E-state index in [2.05, 4.69) is 15.2 Å². The number of carbonyl (C=O) groups excluding carboxylic acids is 2. The average molecular weight is 401 g/mol. The van der Waals surface area contributed by atoms with Gasteiger partial charge in [-0.25, -0.2) is 0 Å². The van der Waals surface area contributed by atoms with Gasteiger partial charge in [-0.2, -0.15) is 0 Å². The minimum atomic E-state index is -0.385. The minimum Gasteiger partial charge on any atom is -0.469 e. The number of thioether (sulfide) groups is 1. The fourth-order valence-corrected chi connectivity index (χ4v) is 4.39. The summed E-state index contributed by atoms with van der Waals surface area (Å²) in [5, 5.41) is 8.88. The molecule has 0 aliphatic heterocycles. The lowest BCUT2D eigenvalue weighted by Crippen LogP contribution is -2.16. The minimum absolute atomic E-state index is 0.0449. The van der Waals surface area contributed by atoms with Crippen molar-refractivity contribution in [3.63, 3.8) is 0 Å². The molecule has 3 rings (SSSR count). The number of hydrogen-bond acceptors (Lipinski definition) is 6. The number of nitrogens with zero attached hydrogens (tertiary/aromatic N) is 3. The molecule has 0 unspecified atom stereocenters. The molecule has 8 heteroatoms. The van der Waals surface area contributed by atoms with Gasteiger partial charge in [0.25, 0.3) is 0 Å². The van der Waals surface area contributed by atoms with E-state index in [1.165, 1.54) is 18.7 Å². The molecule has 7 nitrogen and oxygen atoms in total. The highest BCUT2D eigenvalue weighted by Gasteiger charge is 2.26. The second-order valence-electron chi connectivity index (χ2n) is 6.75. The summed E-state index contributed by atoms with van der Waals surface area (Å²) in [5.74, 6) is 1.39. The Bertz CT molecular complexity index is 1040. The third-order valence-electron chi connectivity index (χ3n) is 4.82. The van der Waals surface area contributed by atoms with E-state index >= 15 is 0 Å². The van der Waals surface area contributed by atoms with Gasteiger partial charge >= 0.3 is 0 Å². The third kappa shape index (κ3) is 3.44. The van der Waals surface area contributed by atoms with Gasteiger partial charge in [-0.1, -0.05) is 11.8 Å². The van der Waals surface area contributed by atoms with E-state index in [1.807, 2.05) is 38.3 Å². The van der Waals surface area contributed by atoms with E-state index in [9.17, 15) is 9.59 Å². The lowest BCUT2D eigenvalue weighted by molar-refractivity contribution is 0.0988. The summed E-state index contributed by atoms with van der Waals surface area (Å²) < 4.78 is 7.35. The van der Waals surface area contributed by atoms with Crippen molar-refractivity contribution in [3.8, 4) is 11.4 Å². The third-order valence-corrected chi connectivity index (χ3v) is 5.90.